The molecule has 0 saturated carbocycles. The standard InChI is InChI=1S/C13H19N3O2S/c1-2-5-9(14)13(18)16-10-6-3-4-7-11(10)19-8-12(15)17/h3-4,6-7,9H,2,5,8,14H2,1H3,(H2,15,17)(H,16,18)/t9-/m1/s1. The number of rotatable bonds is 7. The van der Waals surface area contributed by atoms with Crippen LogP contribution in [0.2, 0.25) is 0 Å². The van der Waals surface area contributed by atoms with Crippen LogP contribution in [0.1, 0.15) is 19.8 Å². The number of nitrogens with two attached hydrogens (primary N) is 2. The molecular weight excluding hydrogens is 262 g/mol. The van der Waals surface area contributed by atoms with Gasteiger partial charge in [0.25, 0.3) is 0 Å². The third-order valence-corrected chi connectivity index (χ3v) is 3.55. The molecule has 0 unspecified atom stereocenters. The molecule has 0 heterocycles. The minimum Gasteiger partial charge on any atom is -0.369 e. The summed E-state index contributed by atoms with van der Waals surface area (Å²) in [5, 5.41) is 2.78. The molecule has 5 nitrogen and oxygen atoms in total. The summed E-state index contributed by atoms with van der Waals surface area (Å²) in [7, 11) is 0. The van der Waals surface area contributed by atoms with E-state index in [1.165, 1.54) is 11.8 Å². The molecule has 6 heteroatoms. The van der Waals surface area contributed by atoms with Crippen LogP contribution in [0.3, 0.4) is 0 Å². The van der Waals surface area contributed by atoms with Crippen LogP contribution in [0.15, 0.2) is 29.2 Å². The van der Waals surface area contributed by atoms with Gasteiger partial charge in [0.15, 0.2) is 0 Å². The van der Waals surface area contributed by atoms with Gasteiger partial charge in [-0.15, -0.1) is 11.8 Å². The van der Waals surface area contributed by atoms with Gasteiger partial charge in [0.1, 0.15) is 0 Å². The molecule has 0 aliphatic heterocycles. The Morgan fingerprint density at radius 2 is 2.05 bits per heavy atom. The van der Waals surface area contributed by atoms with Gasteiger partial charge in [0, 0.05) is 4.90 Å². The summed E-state index contributed by atoms with van der Waals surface area (Å²) in [4.78, 5) is 23.5. The second kappa shape index (κ2) is 7.81. The van der Waals surface area contributed by atoms with E-state index in [1.807, 2.05) is 25.1 Å². The highest BCUT2D eigenvalue weighted by Crippen LogP contribution is 2.26. The molecule has 1 aromatic rings. The van der Waals surface area contributed by atoms with Crippen LogP contribution in [0.5, 0.6) is 0 Å². The Kier molecular flexibility index (Phi) is 6.38. The van der Waals surface area contributed by atoms with Crippen molar-refractivity contribution in [2.75, 3.05) is 11.1 Å². The van der Waals surface area contributed by atoms with E-state index in [4.69, 9.17) is 11.5 Å². The molecule has 0 bridgehead atoms. The molecule has 0 fully saturated rings. The van der Waals surface area contributed by atoms with Crippen molar-refractivity contribution in [1.82, 2.24) is 0 Å². The number of carbonyl (C=O) groups excluding carboxylic acids is 2. The molecule has 0 spiro atoms. The predicted molar refractivity (Wildman–Crippen MR) is 77.9 cm³/mol. The number of para-hydroxylation sites is 1. The summed E-state index contributed by atoms with van der Waals surface area (Å²) in [5.74, 6) is -0.434. The molecule has 0 aliphatic rings. The normalized spacial score (nSPS) is 11.9. The van der Waals surface area contributed by atoms with Gasteiger partial charge in [0.2, 0.25) is 11.8 Å². The van der Waals surface area contributed by atoms with Gasteiger partial charge in [-0.3, -0.25) is 9.59 Å². The van der Waals surface area contributed by atoms with Crippen molar-refractivity contribution in [3.63, 3.8) is 0 Å². The quantitative estimate of drug-likeness (QED) is 0.657. The lowest BCUT2D eigenvalue weighted by Gasteiger charge is -2.13. The molecule has 5 N–H and O–H groups in total. The Morgan fingerprint density at radius 1 is 1.37 bits per heavy atom. The number of hydrogen-bond acceptors (Lipinski definition) is 4. The molecule has 19 heavy (non-hydrogen) atoms. The third kappa shape index (κ3) is 5.32. The lowest BCUT2D eigenvalue weighted by molar-refractivity contribution is -0.117. The van der Waals surface area contributed by atoms with Gasteiger partial charge in [-0.1, -0.05) is 25.5 Å². The van der Waals surface area contributed by atoms with Crippen molar-refractivity contribution < 1.29 is 9.59 Å². The van der Waals surface area contributed by atoms with Crippen LogP contribution >= 0.6 is 11.8 Å². The smallest absolute Gasteiger partial charge is 0.241 e. The predicted octanol–water partition coefficient (Wildman–Crippen LogP) is 1.33. The van der Waals surface area contributed by atoms with Crippen LogP contribution in [-0.4, -0.2) is 23.6 Å². The summed E-state index contributed by atoms with van der Waals surface area (Å²) in [6, 6.07) is 6.74. The van der Waals surface area contributed by atoms with E-state index in [9.17, 15) is 9.59 Å². The van der Waals surface area contributed by atoms with Crippen molar-refractivity contribution in [2.45, 2.75) is 30.7 Å². The van der Waals surface area contributed by atoms with Crippen LogP contribution in [0.4, 0.5) is 5.69 Å². The molecular formula is C13H19N3O2S. The Bertz CT molecular complexity index is 451. The SMILES string of the molecule is CCC[C@@H](N)C(=O)Nc1ccccc1SCC(N)=O. The maximum atomic E-state index is 11.9. The fourth-order valence-electron chi connectivity index (χ4n) is 1.51. The zero-order valence-corrected chi connectivity index (χ0v) is 11.7. The first kappa shape index (κ1) is 15.5. The molecule has 1 aromatic carbocycles. The van der Waals surface area contributed by atoms with E-state index in [-0.39, 0.29) is 11.7 Å². The maximum Gasteiger partial charge on any atom is 0.241 e. The van der Waals surface area contributed by atoms with Crippen LogP contribution in [-0.2, 0) is 9.59 Å². The Labute approximate surface area is 117 Å². The van der Waals surface area contributed by atoms with Crippen molar-refractivity contribution in [3.05, 3.63) is 24.3 Å². The summed E-state index contributed by atoms with van der Waals surface area (Å²) in [5.41, 5.74) is 11.5. The molecule has 0 radical (unpaired) electrons. The van der Waals surface area contributed by atoms with E-state index >= 15 is 0 Å². The van der Waals surface area contributed by atoms with Crippen LogP contribution in [0.25, 0.3) is 0 Å². The summed E-state index contributed by atoms with van der Waals surface area (Å²) < 4.78 is 0. The van der Waals surface area contributed by atoms with Crippen molar-refractivity contribution in [2.24, 2.45) is 11.5 Å². The first-order chi connectivity index (χ1) is 9.04. The van der Waals surface area contributed by atoms with Crippen LogP contribution in [0, 0.1) is 0 Å². The largest absolute Gasteiger partial charge is 0.369 e. The summed E-state index contributed by atoms with van der Waals surface area (Å²) in [6.45, 7) is 1.98. The topological polar surface area (TPSA) is 98.2 Å². The van der Waals surface area contributed by atoms with Crippen LogP contribution < -0.4 is 16.8 Å². The number of nitrogens with one attached hydrogen (secondary N) is 1. The van der Waals surface area contributed by atoms with Gasteiger partial charge in [-0.2, -0.15) is 0 Å². The first-order valence-corrected chi connectivity index (χ1v) is 7.09. The minimum absolute atomic E-state index is 0.175. The zero-order valence-electron chi connectivity index (χ0n) is 10.9. The number of amides is 2. The first-order valence-electron chi connectivity index (χ1n) is 6.11. The number of hydrogen-bond donors (Lipinski definition) is 3. The second-order valence-corrected chi connectivity index (χ2v) is 5.15. The second-order valence-electron chi connectivity index (χ2n) is 4.14. The van der Waals surface area contributed by atoms with Gasteiger partial charge >= 0.3 is 0 Å². The Morgan fingerprint density at radius 3 is 2.68 bits per heavy atom. The molecule has 0 saturated heterocycles. The number of benzene rings is 1. The zero-order chi connectivity index (χ0) is 14.3. The highest BCUT2D eigenvalue weighted by molar-refractivity contribution is 8.00. The van der Waals surface area contributed by atoms with Crippen molar-refractivity contribution in [3.8, 4) is 0 Å². The van der Waals surface area contributed by atoms with E-state index in [1.54, 1.807) is 6.07 Å². The average molecular weight is 281 g/mol. The fourth-order valence-corrected chi connectivity index (χ4v) is 2.26. The highest BCUT2D eigenvalue weighted by Gasteiger charge is 2.14. The molecule has 104 valence electrons. The van der Waals surface area contributed by atoms with E-state index in [0.29, 0.717) is 12.1 Å². The monoisotopic (exact) mass is 281 g/mol. The number of primary amides is 1. The number of thioether (sulfide) groups is 1. The van der Waals surface area contributed by atoms with E-state index < -0.39 is 11.9 Å². The number of carbonyl (C=O) groups is 2. The van der Waals surface area contributed by atoms with E-state index in [2.05, 4.69) is 5.32 Å². The minimum atomic E-state index is -0.515. The van der Waals surface area contributed by atoms with Gasteiger partial charge < -0.3 is 16.8 Å². The maximum absolute atomic E-state index is 11.9. The molecule has 1 atom stereocenters. The van der Waals surface area contributed by atoms with Crippen molar-refractivity contribution in [1.29, 1.82) is 0 Å². The molecule has 0 aromatic heterocycles. The Hall–Kier alpha value is -1.53. The van der Waals surface area contributed by atoms with Gasteiger partial charge in [-0.05, 0) is 18.6 Å². The molecule has 2 amide bonds. The molecule has 0 aliphatic carbocycles. The lowest BCUT2D eigenvalue weighted by atomic mass is 10.1. The van der Waals surface area contributed by atoms with Gasteiger partial charge in [0.05, 0.1) is 17.5 Å². The third-order valence-electron chi connectivity index (χ3n) is 2.45. The summed E-state index contributed by atoms with van der Waals surface area (Å²) in [6.07, 6.45) is 1.50. The highest BCUT2D eigenvalue weighted by atomic mass is 32.2. The Balaban J connectivity index is 2.71. The molecule has 1 rings (SSSR count). The van der Waals surface area contributed by atoms with Gasteiger partial charge in [-0.25, -0.2) is 0 Å². The average Bonchev–Trinajstić information content (AvgIpc) is 2.37. The van der Waals surface area contributed by atoms with E-state index in [0.717, 1.165) is 11.3 Å². The van der Waals surface area contributed by atoms with Crippen molar-refractivity contribution >= 4 is 29.3 Å². The fraction of sp³-hybridized carbons (Fsp3) is 0.385. The summed E-state index contributed by atoms with van der Waals surface area (Å²) >= 11 is 1.29. The lowest BCUT2D eigenvalue weighted by Crippen LogP contribution is -2.35. The number of anilines is 1.